The molecule has 0 aliphatic carbocycles. The molecule has 1 unspecified atom stereocenters. The van der Waals surface area contributed by atoms with E-state index in [9.17, 15) is 9.59 Å². The van der Waals surface area contributed by atoms with Crippen LogP contribution in [0.5, 0.6) is 0 Å². The maximum atomic E-state index is 13.8. The summed E-state index contributed by atoms with van der Waals surface area (Å²) >= 11 is 6.10. The Labute approximate surface area is 216 Å². The number of carbonyl (C=O) groups is 2. The zero-order chi connectivity index (χ0) is 25.5. The van der Waals surface area contributed by atoms with Crippen LogP contribution < -0.4 is 10.2 Å². The Bertz CT molecular complexity index is 1330. The first-order valence-corrected chi connectivity index (χ1v) is 11.9. The molecule has 180 valence electrons. The maximum Gasteiger partial charge on any atom is 0.270 e. The summed E-state index contributed by atoms with van der Waals surface area (Å²) in [6.45, 7) is 5.54. The van der Waals surface area contributed by atoms with E-state index in [2.05, 4.69) is 16.9 Å². The van der Waals surface area contributed by atoms with Crippen molar-refractivity contribution < 1.29 is 9.59 Å². The van der Waals surface area contributed by atoms with Crippen LogP contribution in [0.1, 0.15) is 30.1 Å². The first kappa shape index (κ1) is 24.9. The maximum absolute atomic E-state index is 13.8. The highest BCUT2D eigenvalue weighted by molar-refractivity contribution is 6.44. The molecular formula is C30H26ClN3O2. The fraction of sp³-hybridized carbons (Fsp3) is 0.100. The molecule has 1 N–H and O–H groups in total. The number of benzene rings is 3. The highest BCUT2D eigenvalue weighted by Crippen LogP contribution is 2.32. The van der Waals surface area contributed by atoms with Crippen molar-refractivity contribution in [1.82, 2.24) is 10.3 Å². The predicted octanol–water partition coefficient (Wildman–Crippen LogP) is 6.45. The Hall–Kier alpha value is -4.22. The van der Waals surface area contributed by atoms with Crippen molar-refractivity contribution in [3.63, 3.8) is 0 Å². The van der Waals surface area contributed by atoms with Crippen molar-refractivity contribution in [3.05, 3.63) is 132 Å². The van der Waals surface area contributed by atoms with E-state index in [1.54, 1.807) is 36.7 Å². The molecule has 2 amide bonds. The summed E-state index contributed by atoms with van der Waals surface area (Å²) < 4.78 is 0. The van der Waals surface area contributed by atoms with Gasteiger partial charge in [-0.3, -0.25) is 19.5 Å². The molecule has 0 fully saturated rings. The molecule has 1 aromatic heterocycles. The van der Waals surface area contributed by atoms with Crippen LogP contribution in [0.15, 0.2) is 121 Å². The van der Waals surface area contributed by atoms with Gasteiger partial charge in [-0.05, 0) is 41.8 Å². The average Bonchev–Trinajstić information content (AvgIpc) is 2.92. The molecule has 4 rings (SSSR count). The monoisotopic (exact) mass is 495 g/mol. The minimum atomic E-state index is -1.02. The van der Waals surface area contributed by atoms with Crippen molar-refractivity contribution in [3.8, 4) is 11.1 Å². The van der Waals surface area contributed by atoms with Gasteiger partial charge in [-0.2, -0.15) is 0 Å². The zero-order valence-corrected chi connectivity index (χ0v) is 20.6. The SMILES string of the molecule is C=C(Cl)C(=O)N(c1ccc(-c2ccccc2)cc1)C(C(=O)N[C@@H](C)c1ccccc1)c1cccnc1. The van der Waals surface area contributed by atoms with E-state index in [4.69, 9.17) is 11.6 Å². The lowest BCUT2D eigenvalue weighted by Crippen LogP contribution is -2.44. The number of hydrogen-bond acceptors (Lipinski definition) is 3. The van der Waals surface area contributed by atoms with Crippen molar-refractivity contribution in [2.45, 2.75) is 19.0 Å². The quantitative estimate of drug-likeness (QED) is 0.285. The van der Waals surface area contributed by atoms with Gasteiger partial charge in [0.1, 0.15) is 6.04 Å². The molecular weight excluding hydrogens is 470 g/mol. The van der Waals surface area contributed by atoms with Gasteiger partial charge in [0.25, 0.3) is 5.91 Å². The number of hydrogen-bond donors (Lipinski definition) is 1. The van der Waals surface area contributed by atoms with Gasteiger partial charge >= 0.3 is 0 Å². The summed E-state index contributed by atoms with van der Waals surface area (Å²) in [6.07, 6.45) is 3.19. The second-order valence-electron chi connectivity index (χ2n) is 8.32. The predicted molar refractivity (Wildman–Crippen MR) is 144 cm³/mol. The van der Waals surface area contributed by atoms with Crippen molar-refractivity contribution in [1.29, 1.82) is 0 Å². The van der Waals surface area contributed by atoms with Crippen LogP contribution in [0.2, 0.25) is 0 Å². The van der Waals surface area contributed by atoms with Crippen molar-refractivity contribution in [2.24, 2.45) is 0 Å². The van der Waals surface area contributed by atoms with Gasteiger partial charge in [-0.1, -0.05) is 97.0 Å². The van der Waals surface area contributed by atoms with Crippen molar-refractivity contribution in [2.75, 3.05) is 4.90 Å². The second kappa shape index (κ2) is 11.5. The normalized spacial score (nSPS) is 12.3. The van der Waals surface area contributed by atoms with Gasteiger partial charge in [-0.15, -0.1) is 0 Å². The lowest BCUT2D eigenvalue weighted by Gasteiger charge is -2.32. The van der Waals surface area contributed by atoms with Crippen LogP contribution in [0.3, 0.4) is 0 Å². The lowest BCUT2D eigenvalue weighted by atomic mass is 10.0. The molecule has 0 bridgehead atoms. The number of anilines is 1. The highest BCUT2D eigenvalue weighted by atomic mass is 35.5. The van der Waals surface area contributed by atoms with Crippen LogP contribution in [0.25, 0.3) is 11.1 Å². The van der Waals surface area contributed by atoms with Gasteiger partial charge < -0.3 is 5.32 Å². The molecule has 5 nitrogen and oxygen atoms in total. The summed E-state index contributed by atoms with van der Waals surface area (Å²) in [5, 5.41) is 2.85. The Morgan fingerprint density at radius 1 is 0.833 bits per heavy atom. The van der Waals surface area contributed by atoms with E-state index in [-0.39, 0.29) is 17.0 Å². The molecule has 6 heteroatoms. The fourth-order valence-corrected chi connectivity index (χ4v) is 4.12. The molecule has 3 aromatic carbocycles. The smallest absolute Gasteiger partial charge is 0.270 e. The Kier molecular flexibility index (Phi) is 7.93. The highest BCUT2D eigenvalue weighted by Gasteiger charge is 2.34. The third kappa shape index (κ3) is 5.70. The molecule has 4 aromatic rings. The Morgan fingerprint density at radius 2 is 1.42 bits per heavy atom. The minimum absolute atomic E-state index is 0.195. The van der Waals surface area contributed by atoms with Crippen LogP contribution in [0, 0.1) is 0 Å². The number of nitrogens with zero attached hydrogens (tertiary/aromatic N) is 2. The van der Waals surface area contributed by atoms with Crippen LogP contribution in [-0.2, 0) is 9.59 Å². The van der Waals surface area contributed by atoms with Gasteiger partial charge in [0.15, 0.2) is 0 Å². The van der Waals surface area contributed by atoms with Gasteiger partial charge in [0, 0.05) is 23.6 Å². The summed E-state index contributed by atoms with van der Waals surface area (Å²) in [5.41, 5.74) is 4.03. The number of amides is 2. The number of rotatable bonds is 8. The van der Waals surface area contributed by atoms with E-state index in [1.165, 1.54) is 4.90 Å². The number of carbonyl (C=O) groups excluding carboxylic acids is 2. The summed E-state index contributed by atoms with van der Waals surface area (Å²) in [5.74, 6) is -0.932. The van der Waals surface area contributed by atoms with E-state index in [0.717, 1.165) is 16.7 Å². The summed E-state index contributed by atoms with van der Waals surface area (Å²) in [4.78, 5) is 32.7. The number of pyridine rings is 1. The molecule has 0 saturated heterocycles. The topological polar surface area (TPSA) is 62.3 Å². The summed E-state index contributed by atoms with van der Waals surface area (Å²) in [6, 6.07) is 29.2. The van der Waals surface area contributed by atoms with Crippen molar-refractivity contribution >= 4 is 29.1 Å². The summed E-state index contributed by atoms with van der Waals surface area (Å²) in [7, 11) is 0. The van der Waals surface area contributed by atoms with E-state index in [0.29, 0.717) is 11.3 Å². The second-order valence-corrected chi connectivity index (χ2v) is 8.78. The third-order valence-electron chi connectivity index (χ3n) is 5.87. The third-order valence-corrected chi connectivity index (χ3v) is 6.03. The van der Waals surface area contributed by atoms with Gasteiger partial charge in [-0.25, -0.2) is 0 Å². The Morgan fingerprint density at radius 3 is 2.00 bits per heavy atom. The molecule has 0 spiro atoms. The largest absolute Gasteiger partial charge is 0.347 e. The number of halogens is 1. The molecule has 1 heterocycles. The van der Waals surface area contributed by atoms with E-state index in [1.807, 2.05) is 79.7 Å². The molecule has 2 atom stereocenters. The van der Waals surface area contributed by atoms with Crippen LogP contribution >= 0.6 is 11.6 Å². The zero-order valence-electron chi connectivity index (χ0n) is 19.8. The minimum Gasteiger partial charge on any atom is -0.347 e. The Balaban J connectivity index is 1.74. The van der Waals surface area contributed by atoms with Gasteiger partial charge in [0.2, 0.25) is 5.91 Å². The molecule has 0 saturated carbocycles. The van der Waals surface area contributed by atoms with E-state index >= 15 is 0 Å². The standard InChI is InChI=1S/C30H26ClN3O2/c1-21(31)30(36)34(27-17-15-25(16-18-27)24-12-7-4-8-13-24)28(26-14-9-19-32-20-26)29(35)33-22(2)23-10-5-3-6-11-23/h3-20,22,28H,1H2,2H3,(H,33,35)/t22-,28?/m0/s1. The first-order valence-electron chi connectivity index (χ1n) is 11.5. The number of aromatic nitrogens is 1. The molecule has 0 aliphatic heterocycles. The van der Waals surface area contributed by atoms with Crippen LogP contribution in [0.4, 0.5) is 5.69 Å². The molecule has 0 aliphatic rings. The van der Waals surface area contributed by atoms with Crippen LogP contribution in [-0.4, -0.2) is 16.8 Å². The van der Waals surface area contributed by atoms with E-state index < -0.39 is 11.9 Å². The van der Waals surface area contributed by atoms with Gasteiger partial charge in [0.05, 0.1) is 11.1 Å². The molecule has 0 radical (unpaired) electrons. The fourth-order valence-electron chi connectivity index (χ4n) is 4.03. The average molecular weight is 496 g/mol. The number of nitrogens with one attached hydrogen (secondary N) is 1. The lowest BCUT2D eigenvalue weighted by molar-refractivity contribution is -0.125. The first-order chi connectivity index (χ1) is 17.5. The molecule has 36 heavy (non-hydrogen) atoms.